The van der Waals surface area contributed by atoms with Crippen LogP contribution in [0.3, 0.4) is 0 Å². The molecular formula is C27H34N4O2. The van der Waals surface area contributed by atoms with Crippen molar-refractivity contribution in [2.75, 3.05) is 0 Å². The molecule has 174 valence electrons. The van der Waals surface area contributed by atoms with Crippen LogP contribution in [0.25, 0.3) is 10.9 Å². The molecule has 1 heterocycles. The van der Waals surface area contributed by atoms with Gasteiger partial charge >= 0.3 is 0 Å². The van der Waals surface area contributed by atoms with Crippen molar-refractivity contribution < 1.29 is 4.79 Å². The Labute approximate surface area is 195 Å². The number of hydrogen-bond acceptors (Lipinski definition) is 4. The number of carbonyl (C=O) groups excluding carboxylic acids is 1. The normalized spacial score (nSPS) is 15.7. The van der Waals surface area contributed by atoms with Crippen LogP contribution in [0, 0.1) is 5.92 Å². The largest absolute Gasteiger partial charge is 0.368 e. The number of fused-ring (bicyclic) bond motifs is 1. The summed E-state index contributed by atoms with van der Waals surface area (Å²) in [6.07, 6.45) is 6.59. The molecule has 1 aromatic heterocycles. The highest BCUT2D eigenvalue weighted by Gasteiger charge is 2.20. The second-order valence-corrected chi connectivity index (χ2v) is 9.51. The van der Waals surface area contributed by atoms with Gasteiger partial charge in [-0.2, -0.15) is 0 Å². The molecule has 0 radical (unpaired) electrons. The maximum atomic E-state index is 13.0. The van der Waals surface area contributed by atoms with E-state index in [0.29, 0.717) is 35.1 Å². The van der Waals surface area contributed by atoms with E-state index < -0.39 is 5.91 Å². The quantitative estimate of drug-likeness (QED) is 0.536. The van der Waals surface area contributed by atoms with E-state index in [0.717, 1.165) is 0 Å². The number of carbonyl (C=O) groups is 1. The molecule has 1 fully saturated rings. The number of rotatable bonds is 8. The topological polar surface area (TPSA) is 90.0 Å². The Bertz CT molecular complexity index is 1160. The van der Waals surface area contributed by atoms with E-state index in [2.05, 4.69) is 48.4 Å². The number of para-hydroxylation sites is 1. The number of nitrogens with zero attached hydrogens (tertiary/aromatic N) is 2. The summed E-state index contributed by atoms with van der Waals surface area (Å²) in [5.41, 5.74) is 8.47. The Morgan fingerprint density at radius 2 is 1.79 bits per heavy atom. The van der Waals surface area contributed by atoms with Crippen molar-refractivity contribution in [3.8, 4) is 0 Å². The Hall–Kier alpha value is -2.99. The van der Waals surface area contributed by atoms with Gasteiger partial charge in [0.05, 0.1) is 17.4 Å². The molecule has 0 spiro atoms. The van der Waals surface area contributed by atoms with Crippen molar-refractivity contribution in [1.82, 2.24) is 14.9 Å². The van der Waals surface area contributed by atoms with Gasteiger partial charge in [-0.15, -0.1) is 0 Å². The number of primary amides is 1. The molecule has 6 nitrogen and oxygen atoms in total. The fourth-order valence-electron chi connectivity index (χ4n) is 5.02. The summed E-state index contributed by atoms with van der Waals surface area (Å²) < 4.78 is 1.39. The molecule has 1 amide bonds. The smallest absolute Gasteiger partial charge is 0.261 e. The minimum absolute atomic E-state index is 0.0933. The fraction of sp³-hybridized carbons (Fsp3) is 0.444. The molecule has 0 bridgehead atoms. The summed E-state index contributed by atoms with van der Waals surface area (Å²) in [6.45, 7) is 4.53. The van der Waals surface area contributed by atoms with E-state index in [1.165, 1.54) is 47.8 Å². The highest BCUT2D eigenvalue weighted by Crippen LogP contribution is 2.33. The van der Waals surface area contributed by atoms with Crippen LogP contribution in [0.2, 0.25) is 0 Å². The summed E-state index contributed by atoms with van der Waals surface area (Å²) in [5.74, 6) is 0.974. The second kappa shape index (κ2) is 10.3. The van der Waals surface area contributed by atoms with Crippen molar-refractivity contribution >= 4 is 16.8 Å². The second-order valence-electron chi connectivity index (χ2n) is 9.51. The summed E-state index contributed by atoms with van der Waals surface area (Å²) in [4.78, 5) is 29.3. The van der Waals surface area contributed by atoms with Crippen molar-refractivity contribution in [2.24, 2.45) is 11.7 Å². The standard InChI is InChI=1S/C27H34N4O2/c1-18(2)26(21-14-12-20(13-15-21)19-8-4-3-5-9-19)29-16-25-30-23-11-7-6-10-22(23)27(33)31(25)17-24(28)32/h6-7,10-15,18-19,26,29H,3-5,8-9,16-17H2,1-2H3,(H2,28,32)/t26-/m1/s1. The third-order valence-electron chi connectivity index (χ3n) is 6.77. The van der Waals surface area contributed by atoms with Crippen molar-refractivity contribution in [1.29, 1.82) is 0 Å². The van der Waals surface area contributed by atoms with Crippen molar-refractivity contribution in [2.45, 2.75) is 71.0 Å². The highest BCUT2D eigenvalue weighted by molar-refractivity contribution is 5.78. The van der Waals surface area contributed by atoms with Crippen LogP contribution in [0.5, 0.6) is 0 Å². The molecule has 1 aliphatic carbocycles. The predicted octanol–water partition coefficient (Wildman–Crippen LogP) is 4.42. The molecule has 6 heteroatoms. The van der Waals surface area contributed by atoms with Gasteiger partial charge < -0.3 is 11.1 Å². The van der Waals surface area contributed by atoms with E-state index >= 15 is 0 Å². The van der Waals surface area contributed by atoms with Crippen LogP contribution in [0.15, 0.2) is 53.3 Å². The first-order valence-electron chi connectivity index (χ1n) is 12.0. The number of hydrogen-bond donors (Lipinski definition) is 2. The molecule has 3 aromatic rings. The molecule has 33 heavy (non-hydrogen) atoms. The molecule has 3 N–H and O–H groups in total. The number of nitrogens with two attached hydrogens (primary N) is 1. The molecule has 1 aliphatic rings. The van der Waals surface area contributed by atoms with Gasteiger partial charge in [-0.05, 0) is 47.9 Å². The van der Waals surface area contributed by atoms with E-state index in [9.17, 15) is 9.59 Å². The fourth-order valence-corrected chi connectivity index (χ4v) is 5.02. The minimum Gasteiger partial charge on any atom is -0.368 e. The van der Waals surface area contributed by atoms with Gasteiger partial charge in [0.2, 0.25) is 5.91 Å². The number of benzene rings is 2. The first-order valence-corrected chi connectivity index (χ1v) is 12.0. The first kappa shape index (κ1) is 23.2. The minimum atomic E-state index is -0.561. The van der Waals surface area contributed by atoms with Gasteiger partial charge in [0.1, 0.15) is 12.4 Å². The van der Waals surface area contributed by atoms with E-state index in [1.54, 1.807) is 12.1 Å². The summed E-state index contributed by atoms with van der Waals surface area (Å²) in [6, 6.07) is 16.3. The first-order chi connectivity index (χ1) is 15.9. The number of nitrogens with one attached hydrogen (secondary N) is 1. The van der Waals surface area contributed by atoms with Crippen LogP contribution in [0.4, 0.5) is 0 Å². The maximum Gasteiger partial charge on any atom is 0.261 e. The summed E-state index contributed by atoms with van der Waals surface area (Å²) in [7, 11) is 0. The Morgan fingerprint density at radius 3 is 2.45 bits per heavy atom. The average molecular weight is 447 g/mol. The van der Waals surface area contributed by atoms with E-state index in [4.69, 9.17) is 5.73 Å². The van der Waals surface area contributed by atoms with Crippen LogP contribution >= 0.6 is 0 Å². The Morgan fingerprint density at radius 1 is 1.09 bits per heavy atom. The molecular weight excluding hydrogens is 412 g/mol. The summed E-state index contributed by atoms with van der Waals surface area (Å²) >= 11 is 0. The SMILES string of the molecule is CC(C)[C@@H](NCc1nc2ccccc2c(=O)n1CC(N)=O)c1ccc(C2CCCCC2)cc1. The zero-order valence-corrected chi connectivity index (χ0v) is 19.6. The lowest BCUT2D eigenvalue weighted by molar-refractivity contribution is -0.118. The van der Waals surface area contributed by atoms with Crippen LogP contribution in [-0.2, 0) is 17.9 Å². The van der Waals surface area contributed by atoms with Crippen molar-refractivity contribution in [3.63, 3.8) is 0 Å². The van der Waals surface area contributed by atoms with E-state index in [-0.39, 0.29) is 18.1 Å². The molecule has 0 unspecified atom stereocenters. The van der Waals surface area contributed by atoms with Crippen LogP contribution in [-0.4, -0.2) is 15.5 Å². The van der Waals surface area contributed by atoms with Crippen LogP contribution in [0.1, 0.15) is 74.9 Å². The molecule has 2 aromatic carbocycles. The average Bonchev–Trinajstić information content (AvgIpc) is 2.82. The van der Waals surface area contributed by atoms with Crippen molar-refractivity contribution in [3.05, 3.63) is 75.8 Å². The zero-order valence-electron chi connectivity index (χ0n) is 19.6. The maximum absolute atomic E-state index is 13.0. The van der Waals surface area contributed by atoms with Gasteiger partial charge in [0.25, 0.3) is 5.56 Å². The highest BCUT2D eigenvalue weighted by atomic mass is 16.2. The Kier molecular flexibility index (Phi) is 7.23. The van der Waals surface area contributed by atoms with Crippen LogP contribution < -0.4 is 16.6 Å². The van der Waals surface area contributed by atoms with Gasteiger partial charge in [0, 0.05) is 6.04 Å². The Balaban J connectivity index is 1.58. The molecule has 1 saturated carbocycles. The monoisotopic (exact) mass is 446 g/mol. The molecule has 1 atom stereocenters. The van der Waals surface area contributed by atoms with Gasteiger partial charge in [-0.3, -0.25) is 14.2 Å². The number of amides is 1. The zero-order chi connectivity index (χ0) is 23.4. The lowest BCUT2D eigenvalue weighted by Gasteiger charge is -2.25. The third-order valence-corrected chi connectivity index (χ3v) is 6.77. The predicted molar refractivity (Wildman–Crippen MR) is 132 cm³/mol. The molecule has 0 saturated heterocycles. The molecule has 0 aliphatic heterocycles. The lowest BCUT2D eigenvalue weighted by atomic mass is 9.83. The summed E-state index contributed by atoms with van der Waals surface area (Å²) in [5, 5.41) is 4.07. The lowest BCUT2D eigenvalue weighted by Crippen LogP contribution is -2.34. The molecule has 4 rings (SSSR count). The third kappa shape index (κ3) is 5.33. The van der Waals surface area contributed by atoms with Gasteiger partial charge in [-0.25, -0.2) is 4.98 Å². The van der Waals surface area contributed by atoms with Gasteiger partial charge in [-0.1, -0.05) is 69.5 Å². The van der Waals surface area contributed by atoms with Gasteiger partial charge in [0.15, 0.2) is 0 Å². The number of aromatic nitrogens is 2. The van der Waals surface area contributed by atoms with E-state index in [1.807, 2.05) is 12.1 Å².